The number of benzene rings is 2. The molecule has 1 aromatic heterocycles. The van der Waals surface area contributed by atoms with Gasteiger partial charge in [0.1, 0.15) is 5.69 Å². The molecule has 1 heterocycles. The summed E-state index contributed by atoms with van der Waals surface area (Å²) in [6.45, 7) is 1.80. The first kappa shape index (κ1) is 22.9. The Balaban J connectivity index is 1.67. The fourth-order valence-electron chi connectivity index (χ4n) is 2.90. The summed E-state index contributed by atoms with van der Waals surface area (Å²) >= 11 is 11.3. The van der Waals surface area contributed by atoms with Crippen molar-refractivity contribution < 1.29 is 4.92 Å². The summed E-state index contributed by atoms with van der Waals surface area (Å²) in [5, 5.41) is 17.9. The molecule has 0 aliphatic rings. The number of nitro benzene ring substituents is 1. The third kappa shape index (κ3) is 5.29. The number of nitrogens with one attached hydrogen (secondary N) is 2. The summed E-state index contributed by atoms with van der Waals surface area (Å²) in [4.78, 5) is 23.1. The molecule has 0 saturated heterocycles. The van der Waals surface area contributed by atoms with E-state index in [9.17, 15) is 14.9 Å². The van der Waals surface area contributed by atoms with Crippen LogP contribution in [0.3, 0.4) is 0 Å². The van der Waals surface area contributed by atoms with E-state index in [4.69, 9.17) is 23.8 Å². The highest BCUT2D eigenvalue weighted by molar-refractivity contribution is 7.80. The van der Waals surface area contributed by atoms with Crippen molar-refractivity contribution in [2.75, 3.05) is 5.32 Å². The molecule has 0 bridgehead atoms. The standard InChI is InChI=1S/C21H19ClN6O3S/c1-14-19(20(29)27(26(14)2)17-6-4-3-5-7-17)24-21(32)25-23-13-16(22)12-15-8-10-18(11-9-15)28(30)31/h3-13H,1-2H3,(H2,24,25,32)/b16-12-,23-13?. The molecular weight excluding hydrogens is 452 g/mol. The Morgan fingerprint density at radius 2 is 1.84 bits per heavy atom. The first-order chi connectivity index (χ1) is 15.3. The maximum Gasteiger partial charge on any atom is 0.295 e. The van der Waals surface area contributed by atoms with Gasteiger partial charge in [0.25, 0.3) is 11.2 Å². The van der Waals surface area contributed by atoms with Gasteiger partial charge in [-0.3, -0.25) is 25.0 Å². The second-order valence-corrected chi connectivity index (χ2v) is 7.48. The van der Waals surface area contributed by atoms with Crippen LogP contribution in [0.4, 0.5) is 11.4 Å². The summed E-state index contributed by atoms with van der Waals surface area (Å²) in [6, 6.07) is 15.2. The summed E-state index contributed by atoms with van der Waals surface area (Å²) in [5.74, 6) is 0. The highest BCUT2D eigenvalue weighted by Gasteiger charge is 2.16. The first-order valence-corrected chi connectivity index (χ1v) is 10.1. The molecule has 9 nitrogen and oxygen atoms in total. The third-order valence-corrected chi connectivity index (χ3v) is 4.96. The zero-order valence-corrected chi connectivity index (χ0v) is 18.7. The van der Waals surface area contributed by atoms with E-state index in [1.165, 1.54) is 23.0 Å². The molecule has 3 rings (SSSR count). The van der Waals surface area contributed by atoms with Crippen LogP contribution in [0.5, 0.6) is 0 Å². The van der Waals surface area contributed by atoms with Gasteiger partial charge in [0.05, 0.1) is 27.6 Å². The van der Waals surface area contributed by atoms with Crippen molar-refractivity contribution in [3.05, 3.63) is 91.4 Å². The van der Waals surface area contributed by atoms with E-state index in [0.29, 0.717) is 16.9 Å². The third-order valence-electron chi connectivity index (χ3n) is 4.56. The molecule has 0 aliphatic heterocycles. The number of nitro groups is 1. The Hall–Kier alpha value is -3.76. The van der Waals surface area contributed by atoms with Crippen LogP contribution in [-0.2, 0) is 7.05 Å². The topological polar surface area (TPSA) is 106 Å². The predicted molar refractivity (Wildman–Crippen MR) is 131 cm³/mol. The average Bonchev–Trinajstić information content (AvgIpc) is 2.98. The maximum absolute atomic E-state index is 12.9. The number of hydrogen-bond acceptors (Lipinski definition) is 5. The van der Waals surface area contributed by atoms with Gasteiger partial charge in [-0.05, 0) is 55.0 Å². The fourth-order valence-corrected chi connectivity index (χ4v) is 3.22. The van der Waals surface area contributed by atoms with Crippen molar-refractivity contribution >= 4 is 52.6 Å². The number of rotatable bonds is 6. The molecule has 0 fully saturated rings. The van der Waals surface area contributed by atoms with Crippen molar-refractivity contribution in [3.63, 3.8) is 0 Å². The Morgan fingerprint density at radius 3 is 2.47 bits per heavy atom. The lowest BCUT2D eigenvalue weighted by atomic mass is 10.2. The average molecular weight is 471 g/mol. The van der Waals surface area contributed by atoms with Crippen LogP contribution in [0.25, 0.3) is 11.8 Å². The van der Waals surface area contributed by atoms with Crippen LogP contribution in [0.2, 0.25) is 0 Å². The lowest BCUT2D eigenvalue weighted by Gasteiger charge is -2.07. The molecule has 0 aliphatic carbocycles. The van der Waals surface area contributed by atoms with Crippen molar-refractivity contribution in [2.45, 2.75) is 6.92 Å². The number of allylic oxidation sites excluding steroid dienone is 1. The van der Waals surface area contributed by atoms with Gasteiger partial charge in [-0.15, -0.1) is 0 Å². The van der Waals surface area contributed by atoms with Crippen LogP contribution < -0.4 is 16.3 Å². The van der Waals surface area contributed by atoms with Crippen molar-refractivity contribution in [1.29, 1.82) is 0 Å². The van der Waals surface area contributed by atoms with E-state index in [-0.39, 0.29) is 21.4 Å². The molecule has 0 spiro atoms. The molecular formula is C21H19ClN6O3S. The first-order valence-electron chi connectivity index (χ1n) is 9.33. The lowest BCUT2D eigenvalue weighted by Crippen LogP contribution is -2.28. The number of non-ortho nitro benzene ring substituents is 1. The van der Waals surface area contributed by atoms with E-state index < -0.39 is 4.92 Å². The van der Waals surface area contributed by atoms with Crippen LogP contribution in [-0.4, -0.2) is 25.6 Å². The Morgan fingerprint density at radius 1 is 1.19 bits per heavy atom. The lowest BCUT2D eigenvalue weighted by molar-refractivity contribution is -0.384. The van der Waals surface area contributed by atoms with Gasteiger partial charge in [0.2, 0.25) is 0 Å². The van der Waals surface area contributed by atoms with E-state index in [1.807, 2.05) is 30.3 Å². The van der Waals surface area contributed by atoms with Gasteiger partial charge in [0.15, 0.2) is 5.11 Å². The van der Waals surface area contributed by atoms with Crippen LogP contribution >= 0.6 is 23.8 Å². The minimum Gasteiger partial charge on any atom is -0.325 e. The van der Waals surface area contributed by atoms with Crippen LogP contribution in [0.15, 0.2) is 69.5 Å². The quantitative estimate of drug-likeness (QED) is 0.244. The predicted octanol–water partition coefficient (Wildman–Crippen LogP) is 3.94. The zero-order valence-electron chi connectivity index (χ0n) is 17.2. The molecule has 0 amide bonds. The monoisotopic (exact) mass is 470 g/mol. The summed E-state index contributed by atoms with van der Waals surface area (Å²) < 4.78 is 3.27. The number of para-hydroxylation sites is 1. The SMILES string of the molecule is Cc1c(NC(=S)NN=C/C(Cl)=C/c2ccc([N+](=O)[O-])cc2)c(=O)n(-c2ccccc2)n1C. The minimum atomic E-state index is -0.475. The van der Waals surface area contributed by atoms with Crippen LogP contribution in [0, 0.1) is 17.0 Å². The number of hydrazone groups is 1. The van der Waals surface area contributed by atoms with Gasteiger partial charge in [-0.1, -0.05) is 29.8 Å². The largest absolute Gasteiger partial charge is 0.325 e. The van der Waals surface area contributed by atoms with Crippen molar-refractivity contribution in [2.24, 2.45) is 12.1 Å². The molecule has 0 radical (unpaired) electrons. The fraction of sp³-hybridized carbons (Fsp3) is 0.0952. The van der Waals surface area contributed by atoms with Gasteiger partial charge in [-0.2, -0.15) is 5.10 Å². The summed E-state index contributed by atoms with van der Waals surface area (Å²) in [6.07, 6.45) is 2.92. The number of thiocarbonyl (C=S) groups is 1. The van der Waals surface area contributed by atoms with E-state index in [2.05, 4.69) is 15.8 Å². The molecule has 0 atom stereocenters. The molecule has 0 unspecified atom stereocenters. The normalized spacial score (nSPS) is 11.5. The van der Waals surface area contributed by atoms with Crippen LogP contribution in [0.1, 0.15) is 11.3 Å². The number of anilines is 1. The zero-order chi connectivity index (χ0) is 23.3. The molecule has 11 heteroatoms. The second-order valence-electron chi connectivity index (χ2n) is 6.64. The number of hydrogen-bond donors (Lipinski definition) is 2. The molecule has 2 aromatic carbocycles. The smallest absolute Gasteiger partial charge is 0.295 e. The van der Waals surface area contributed by atoms with Crippen molar-refractivity contribution in [3.8, 4) is 5.69 Å². The molecule has 32 heavy (non-hydrogen) atoms. The Kier molecular flexibility index (Phi) is 7.18. The van der Waals surface area contributed by atoms with E-state index >= 15 is 0 Å². The van der Waals surface area contributed by atoms with Gasteiger partial charge >= 0.3 is 0 Å². The van der Waals surface area contributed by atoms with E-state index in [0.717, 1.165) is 5.69 Å². The van der Waals surface area contributed by atoms with Gasteiger partial charge in [-0.25, -0.2) is 4.68 Å². The highest BCUT2D eigenvalue weighted by atomic mass is 35.5. The van der Waals surface area contributed by atoms with Crippen molar-refractivity contribution in [1.82, 2.24) is 14.8 Å². The van der Waals surface area contributed by atoms with E-state index in [1.54, 1.807) is 36.9 Å². The minimum absolute atomic E-state index is 0.00689. The summed E-state index contributed by atoms with van der Waals surface area (Å²) in [5.41, 5.74) is 4.79. The molecule has 3 aromatic rings. The number of halogens is 1. The molecule has 164 valence electrons. The summed E-state index contributed by atoms with van der Waals surface area (Å²) in [7, 11) is 1.78. The maximum atomic E-state index is 12.9. The molecule has 0 saturated carbocycles. The second kappa shape index (κ2) is 10.0. The van der Waals surface area contributed by atoms with Gasteiger partial charge < -0.3 is 5.32 Å². The highest BCUT2D eigenvalue weighted by Crippen LogP contribution is 2.15. The number of nitrogens with zero attached hydrogens (tertiary/aromatic N) is 4. The Labute approximate surface area is 193 Å². The number of aromatic nitrogens is 2. The van der Waals surface area contributed by atoms with Gasteiger partial charge in [0, 0.05) is 19.2 Å². The molecule has 2 N–H and O–H groups in total. The Bertz CT molecular complexity index is 1260.